The van der Waals surface area contributed by atoms with E-state index in [1.165, 1.54) is 18.9 Å². The molecule has 0 aromatic heterocycles. The number of nitrogens with two attached hydrogens (primary N) is 1. The average molecular weight is 346 g/mol. The van der Waals surface area contributed by atoms with Crippen LogP contribution < -0.4 is 9.88 Å². The van der Waals surface area contributed by atoms with Crippen molar-refractivity contribution in [2.45, 2.75) is 30.2 Å². The van der Waals surface area contributed by atoms with Gasteiger partial charge < -0.3 is 9.64 Å². The highest BCUT2D eigenvalue weighted by Crippen LogP contribution is 2.25. The number of nitrogens with zero attached hydrogens (tertiary/aromatic N) is 1. The van der Waals surface area contributed by atoms with Crippen molar-refractivity contribution < 1.29 is 13.2 Å². The van der Waals surface area contributed by atoms with Crippen LogP contribution in [0.4, 0.5) is 0 Å². The Balaban J connectivity index is 1.69. The van der Waals surface area contributed by atoms with Gasteiger partial charge in [0.2, 0.25) is 10.0 Å². The molecule has 0 bridgehead atoms. The molecule has 0 spiro atoms. The lowest BCUT2D eigenvalue weighted by Crippen LogP contribution is -2.25. The molecule has 128 valence electrons. The van der Waals surface area contributed by atoms with Crippen molar-refractivity contribution in [1.82, 2.24) is 4.90 Å². The molecule has 1 atom stereocenters. The van der Waals surface area contributed by atoms with E-state index in [1.807, 2.05) is 24.4 Å². The summed E-state index contributed by atoms with van der Waals surface area (Å²) in [6.45, 7) is 5.54. The van der Waals surface area contributed by atoms with Gasteiger partial charge in [0.1, 0.15) is 5.75 Å². The maximum Gasteiger partial charge on any atom is 0.238 e. The van der Waals surface area contributed by atoms with Gasteiger partial charge in [-0.25, -0.2) is 13.6 Å². The SMILES string of the molecule is C=CN1CCCC1CCOc1ccc2ccc(S(N)(=O)=O)cc2c1. The maximum atomic E-state index is 11.5. The topological polar surface area (TPSA) is 72.6 Å². The molecule has 0 radical (unpaired) electrons. The summed E-state index contributed by atoms with van der Waals surface area (Å²) in [5.41, 5.74) is 0. The van der Waals surface area contributed by atoms with E-state index in [4.69, 9.17) is 9.88 Å². The summed E-state index contributed by atoms with van der Waals surface area (Å²) in [5, 5.41) is 6.94. The summed E-state index contributed by atoms with van der Waals surface area (Å²) in [7, 11) is -3.70. The molecule has 1 fully saturated rings. The lowest BCUT2D eigenvalue weighted by molar-refractivity contribution is 0.249. The fraction of sp³-hybridized carbons (Fsp3) is 0.333. The minimum Gasteiger partial charge on any atom is -0.493 e. The molecule has 0 saturated carbocycles. The van der Waals surface area contributed by atoms with E-state index >= 15 is 0 Å². The zero-order valence-electron chi connectivity index (χ0n) is 13.5. The molecule has 3 rings (SSSR count). The number of rotatable bonds is 6. The number of primary sulfonamides is 1. The van der Waals surface area contributed by atoms with Gasteiger partial charge in [-0.1, -0.05) is 18.7 Å². The van der Waals surface area contributed by atoms with E-state index in [0.29, 0.717) is 12.6 Å². The molecule has 2 N–H and O–H groups in total. The third kappa shape index (κ3) is 3.71. The van der Waals surface area contributed by atoms with Crippen LogP contribution in [0.1, 0.15) is 19.3 Å². The first-order valence-corrected chi connectivity index (χ1v) is 9.60. The van der Waals surface area contributed by atoms with E-state index < -0.39 is 10.0 Å². The van der Waals surface area contributed by atoms with Gasteiger partial charge in [-0.3, -0.25) is 0 Å². The zero-order chi connectivity index (χ0) is 17.2. The Morgan fingerprint density at radius 2 is 2.04 bits per heavy atom. The molecule has 5 nitrogen and oxygen atoms in total. The lowest BCUT2D eigenvalue weighted by atomic mass is 10.1. The first kappa shape index (κ1) is 16.8. The molecule has 24 heavy (non-hydrogen) atoms. The first-order valence-electron chi connectivity index (χ1n) is 8.05. The van der Waals surface area contributed by atoms with Crippen LogP contribution in [-0.2, 0) is 10.0 Å². The summed E-state index contributed by atoms with van der Waals surface area (Å²) in [5.74, 6) is 0.734. The van der Waals surface area contributed by atoms with Crippen molar-refractivity contribution in [2.75, 3.05) is 13.2 Å². The number of fused-ring (bicyclic) bond motifs is 1. The first-order chi connectivity index (χ1) is 11.5. The number of likely N-dealkylation sites (tertiary alicyclic amines) is 1. The molecule has 1 heterocycles. The standard InChI is InChI=1S/C18H22N2O3S/c1-2-20-10-3-4-16(20)9-11-23-17-7-5-14-6-8-18(24(19,21)22)13-15(14)12-17/h2,5-8,12-13,16H,1,3-4,9-11H2,(H2,19,21,22). The van der Waals surface area contributed by atoms with Gasteiger partial charge in [0.05, 0.1) is 11.5 Å². The van der Waals surface area contributed by atoms with E-state index in [-0.39, 0.29) is 4.90 Å². The Hall–Kier alpha value is -2.05. The summed E-state index contributed by atoms with van der Waals surface area (Å²) < 4.78 is 28.8. The maximum absolute atomic E-state index is 11.5. The van der Waals surface area contributed by atoms with Crippen LogP contribution in [0.3, 0.4) is 0 Å². The third-order valence-corrected chi connectivity index (χ3v) is 5.40. The molecule has 0 aliphatic carbocycles. The van der Waals surface area contributed by atoms with E-state index in [1.54, 1.807) is 12.1 Å². The molecular formula is C18H22N2O3S. The van der Waals surface area contributed by atoms with Crippen LogP contribution in [0.25, 0.3) is 10.8 Å². The summed E-state index contributed by atoms with van der Waals surface area (Å²) in [6, 6.07) is 11.0. The Morgan fingerprint density at radius 3 is 2.79 bits per heavy atom. The summed E-state index contributed by atoms with van der Waals surface area (Å²) in [6.07, 6.45) is 5.22. The quantitative estimate of drug-likeness (QED) is 0.873. The average Bonchev–Trinajstić information content (AvgIpc) is 3.01. The molecule has 6 heteroatoms. The van der Waals surface area contributed by atoms with Crippen LogP contribution in [0.5, 0.6) is 5.75 Å². The van der Waals surface area contributed by atoms with Crippen LogP contribution in [0.15, 0.2) is 54.1 Å². The predicted molar refractivity (Wildman–Crippen MR) is 95.4 cm³/mol. The highest BCUT2D eigenvalue weighted by atomic mass is 32.2. The normalized spacial score (nSPS) is 18.0. The number of hydrogen-bond acceptors (Lipinski definition) is 4. The second-order valence-corrected chi connectivity index (χ2v) is 7.63. The highest BCUT2D eigenvalue weighted by molar-refractivity contribution is 7.89. The largest absolute Gasteiger partial charge is 0.493 e. The van der Waals surface area contributed by atoms with Crippen molar-refractivity contribution in [3.63, 3.8) is 0 Å². The van der Waals surface area contributed by atoms with E-state index in [0.717, 1.165) is 29.5 Å². The fourth-order valence-corrected chi connectivity index (χ4v) is 3.74. The Labute approximate surface area is 142 Å². The lowest BCUT2D eigenvalue weighted by Gasteiger charge is -2.22. The van der Waals surface area contributed by atoms with Crippen LogP contribution >= 0.6 is 0 Å². The smallest absolute Gasteiger partial charge is 0.238 e. The predicted octanol–water partition coefficient (Wildman–Crippen LogP) is 2.86. The highest BCUT2D eigenvalue weighted by Gasteiger charge is 2.20. The number of ether oxygens (including phenoxy) is 1. The Morgan fingerprint density at radius 1 is 1.25 bits per heavy atom. The van der Waals surface area contributed by atoms with Crippen molar-refractivity contribution in [1.29, 1.82) is 0 Å². The number of hydrogen-bond donors (Lipinski definition) is 1. The molecule has 1 aliphatic rings. The zero-order valence-corrected chi connectivity index (χ0v) is 14.3. The molecule has 2 aromatic rings. The van der Waals surface area contributed by atoms with Crippen molar-refractivity contribution >= 4 is 20.8 Å². The van der Waals surface area contributed by atoms with Crippen LogP contribution in [0.2, 0.25) is 0 Å². The van der Waals surface area contributed by atoms with E-state index in [2.05, 4.69) is 11.5 Å². The van der Waals surface area contributed by atoms with Crippen molar-refractivity contribution in [2.24, 2.45) is 5.14 Å². The van der Waals surface area contributed by atoms with Crippen LogP contribution in [0, 0.1) is 0 Å². The molecule has 1 unspecified atom stereocenters. The fourth-order valence-electron chi connectivity index (χ4n) is 3.19. The second kappa shape index (κ2) is 6.83. The van der Waals surface area contributed by atoms with Crippen molar-refractivity contribution in [3.8, 4) is 5.75 Å². The second-order valence-electron chi connectivity index (χ2n) is 6.07. The van der Waals surface area contributed by atoms with Gasteiger partial charge in [-0.15, -0.1) is 0 Å². The van der Waals surface area contributed by atoms with Gasteiger partial charge in [0.15, 0.2) is 0 Å². The van der Waals surface area contributed by atoms with Crippen LogP contribution in [-0.4, -0.2) is 32.5 Å². The van der Waals surface area contributed by atoms with Gasteiger partial charge in [0.25, 0.3) is 0 Å². The van der Waals surface area contributed by atoms with Crippen molar-refractivity contribution in [3.05, 3.63) is 49.2 Å². The number of benzene rings is 2. The van der Waals surface area contributed by atoms with Gasteiger partial charge >= 0.3 is 0 Å². The monoisotopic (exact) mass is 346 g/mol. The van der Waals surface area contributed by atoms with Gasteiger partial charge in [0, 0.05) is 19.0 Å². The Bertz CT molecular complexity index is 848. The summed E-state index contributed by atoms with van der Waals surface area (Å²) in [4.78, 5) is 2.38. The minimum atomic E-state index is -3.70. The van der Waals surface area contributed by atoms with E-state index in [9.17, 15) is 8.42 Å². The summed E-state index contributed by atoms with van der Waals surface area (Å²) >= 11 is 0. The third-order valence-electron chi connectivity index (χ3n) is 4.49. The Kier molecular flexibility index (Phi) is 4.78. The molecule has 1 aliphatic heterocycles. The number of sulfonamides is 1. The molecule has 2 aromatic carbocycles. The molecule has 0 amide bonds. The molecule has 1 saturated heterocycles. The van der Waals surface area contributed by atoms with Gasteiger partial charge in [-0.2, -0.15) is 0 Å². The van der Waals surface area contributed by atoms with Gasteiger partial charge in [-0.05, 0) is 54.1 Å². The minimum absolute atomic E-state index is 0.111. The molecular weight excluding hydrogens is 324 g/mol.